The predicted molar refractivity (Wildman–Crippen MR) is 91.7 cm³/mol. The Morgan fingerprint density at radius 1 is 1.30 bits per heavy atom. The van der Waals surface area contributed by atoms with Gasteiger partial charge >= 0.3 is 5.97 Å². The number of carbonyl (C=O) groups excluding carboxylic acids is 2. The second-order valence-electron chi connectivity index (χ2n) is 7.00. The fourth-order valence-electron chi connectivity index (χ4n) is 3.73. The van der Waals surface area contributed by atoms with E-state index >= 15 is 0 Å². The largest absolute Gasteiger partial charge is 0.466 e. The number of carbonyl (C=O) groups is 2. The van der Waals surface area contributed by atoms with E-state index in [9.17, 15) is 9.59 Å². The molecule has 134 valence electrons. The average Bonchev–Trinajstić information content (AvgIpc) is 2.87. The molecule has 1 amide bonds. The molecule has 0 saturated heterocycles. The maximum Gasteiger partial charge on any atom is 0.308 e. The molecule has 1 rings (SSSR count). The van der Waals surface area contributed by atoms with Gasteiger partial charge in [0.2, 0.25) is 5.91 Å². The second-order valence-corrected chi connectivity index (χ2v) is 7.00. The van der Waals surface area contributed by atoms with Gasteiger partial charge < -0.3 is 15.8 Å². The highest BCUT2D eigenvalue weighted by Crippen LogP contribution is 2.36. The smallest absolute Gasteiger partial charge is 0.308 e. The summed E-state index contributed by atoms with van der Waals surface area (Å²) in [5.74, 6) is 1.37. The third-order valence-corrected chi connectivity index (χ3v) is 5.28. The minimum absolute atomic E-state index is 0.0215. The molecule has 0 aromatic heterocycles. The molecular weight excluding hydrogens is 292 g/mol. The van der Waals surface area contributed by atoms with Crippen molar-refractivity contribution in [2.45, 2.75) is 65.8 Å². The highest BCUT2D eigenvalue weighted by atomic mass is 16.5. The first-order valence-electron chi connectivity index (χ1n) is 9.05. The molecule has 0 aromatic carbocycles. The van der Waals surface area contributed by atoms with Crippen LogP contribution in [0, 0.1) is 23.7 Å². The lowest BCUT2D eigenvalue weighted by atomic mass is 9.84. The van der Waals surface area contributed by atoms with E-state index in [4.69, 9.17) is 10.5 Å². The molecule has 3 N–H and O–H groups in total. The molecule has 0 heterocycles. The van der Waals surface area contributed by atoms with Gasteiger partial charge in [0.15, 0.2) is 0 Å². The van der Waals surface area contributed by atoms with Crippen LogP contribution in [-0.2, 0) is 14.3 Å². The number of nitrogens with two attached hydrogens (primary N) is 1. The molecule has 0 aliphatic heterocycles. The van der Waals surface area contributed by atoms with Crippen LogP contribution in [0.3, 0.4) is 0 Å². The van der Waals surface area contributed by atoms with Gasteiger partial charge in [-0.15, -0.1) is 0 Å². The summed E-state index contributed by atoms with van der Waals surface area (Å²) < 4.78 is 5.13. The normalized spacial score (nSPS) is 26.6. The van der Waals surface area contributed by atoms with Crippen molar-refractivity contribution in [2.24, 2.45) is 29.4 Å². The molecule has 1 fully saturated rings. The minimum atomic E-state index is -0.0866. The predicted octanol–water partition coefficient (Wildman–Crippen LogP) is 2.48. The molecule has 0 bridgehead atoms. The summed E-state index contributed by atoms with van der Waals surface area (Å²) in [6.07, 6.45) is 4.87. The van der Waals surface area contributed by atoms with Gasteiger partial charge in [-0.1, -0.05) is 20.3 Å². The Morgan fingerprint density at radius 2 is 2.00 bits per heavy atom. The number of nitrogens with one attached hydrogen (secondary N) is 1. The summed E-state index contributed by atoms with van der Waals surface area (Å²) in [6.45, 7) is 8.96. The third kappa shape index (κ3) is 6.50. The molecular formula is C18H34N2O3. The van der Waals surface area contributed by atoms with Gasteiger partial charge in [0.1, 0.15) is 0 Å². The van der Waals surface area contributed by atoms with Gasteiger partial charge in [0.25, 0.3) is 0 Å². The Morgan fingerprint density at radius 3 is 2.57 bits per heavy atom. The highest BCUT2D eigenvalue weighted by molar-refractivity contribution is 5.73. The quantitative estimate of drug-likeness (QED) is 0.638. The molecule has 5 heteroatoms. The van der Waals surface area contributed by atoms with Crippen molar-refractivity contribution >= 4 is 11.9 Å². The van der Waals surface area contributed by atoms with Gasteiger partial charge in [-0.3, -0.25) is 9.59 Å². The molecule has 0 radical (unpaired) electrons. The van der Waals surface area contributed by atoms with Crippen LogP contribution in [-0.4, -0.2) is 31.1 Å². The number of hydrogen-bond acceptors (Lipinski definition) is 4. The lowest BCUT2D eigenvalue weighted by molar-refractivity contribution is -0.147. The van der Waals surface area contributed by atoms with E-state index in [0.717, 1.165) is 38.6 Å². The second kappa shape index (κ2) is 9.91. The standard InChI is InChI=1S/C18H34N2O3/c1-5-14(12(3)11-20-13(4)21)7-8-15-9-16(10-17(15)19)18(22)23-6-2/h12,14-17H,5-11,19H2,1-4H3,(H,20,21)/t12?,14-,15?,16?,17-/m1/s1. The first-order valence-corrected chi connectivity index (χ1v) is 9.05. The number of rotatable bonds is 9. The van der Waals surface area contributed by atoms with E-state index in [-0.39, 0.29) is 23.8 Å². The van der Waals surface area contributed by atoms with Crippen LogP contribution in [0.5, 0.6) is 0 Å². The molecule has 1 aliphatic carbocycles. The molecule has 0 spiro atoms. The van der Waals surface area contributed by atoms with Gasteiger partial charge in [0, 0.05) is 19.5 Å². The molecule has 1 saturated carbocycles. The maximum absolute atomic E-state index is 11.9. The Balaban J connectivity index is 2.42. The van der Waals surface area contributed by atoms with Crippen molar-refractivity contribution in [3.63, 3.8) is 0 Å². The Labute approximate surface area is 140 Å². The van der Waals surface area contributed by atoms with E-state index < -0.39 is 0 Å². The summed E-state index contributed by atoms with van der Waals surface area (Å²) in [7, 11) is 0. The van der Waals surface area contributed by atoms with Crippen molar-refractivity contribution in [1.82, 2.24) is 5.32 Å². The van der Waals surface area contributed by atoms with Crippen LogP contribution in [0.25, 0.3) is 0 Å². The van der Waals surface area contributed by atoms with Crippen LogP contribution in [0.1, 0.15) is 59.8 Å². The van der Waals surface area contributed by atoms with Crippen molar-refractivity contribution in [2.75, 3.05) is 13.2 Å². The Bertz CT molecular complexity index is 386. The van der Waals surface area contributed by atoms with Crippen LogP contribution in [0.4, 0.5) is 0 Å². The van der Waals surface area contributed by atoms with Crippen molar-refractivity contribution in [3.8, 4) is 0 Å². The molecule has 0 aromatic rings. The molecule has 3 unspecified atom stereocenters. The fraction of sp³-hybridized carbons (Fsp3) is 0.889. The van der Waals surface area contributed by atoms with Gasteiger partial charge in [0.05, 0.1) is 12.5 Å². The zero-order valence-corrected chi connectivity index (χ0v) is 15.1. The van der Waals surface area contributed by atoms with Gasteiger partial charge in [-0.25, -0.2) is 0 Å². The van der Waals surface area contributed by atoms with Crippen LogP contribution in [0.2, 0.25) is 0 Å². The molecule has 5 atom stereocenters. The zero-order valence-electron chi connectivity index (χ0n) is 15.1. The SMILES string of the molecule is CCOC(=O)C1CC(CC[C@@H](CC)C(C)CNC(C)=O)[C@H](N)C1. The van der Waals surface area contributed by atoms with E-state index in [2.05, 4.69) is 19.2 Å². The van der Waals surface area contributed by atoms with E-state index in [1.54, 1.807) is 6.92 Å². The first kappa shape index (κ1) is 19.9. The minimum Gasteiger partial charge on any atom is -0.466 e. The number of hydrogen-bond donors (Lipinski definition) is 2. The van der Waals surface area contributed by atoms with Gasteiger partial charge in [-0.2, -0.15) is 0 Å². The fourth-order valence-corrected chi connectivity index (χ4v) is 3.73. The lowest BCUT2D eigenvalue weighted by Gasteiger charge is -2.25. The van der Waals surface area contributed by atoms with E-state index in [1.165, 1.54) is 0 Å². The summed E-state index contributed by atoms with van der Waals surface area (Å²) in [5, 5.41) is 2.91. The molecule has 23 heavy (non-hydrogen) atoms. The summed E-state index contributed by atoms with van der Waals surface area (Å²) in [4.78, 5) is 22.9. The highest BCUT2D eigenvalue weighted by Gasteiger charge is 2.36. The number of esters is 1. The lowest BCUT2D eigenvalue weighted by Crippen LogP contribution is -2.30. The Kier molecular flexibility index (Phi) is 8.59. The van der Waals surface area contributed by atoms with Crippen molar-refractivity contribution < 1.29 is 14.3 Å². The van der Waals surface area contributed by atoms with Crippen LogP contribution >= 0.6 is 0 Å². The maximum atomic E-state index is 11.9. The molecule has 1 aliphatic rings. The zero-order chi connectivity index (χ0) is 17.4. The Hall–Kier alpha value is -1.10. The van der Waals surface area contributed by atoms with Crippen LogP contribution < -0.4 is 11.1 Å². The molecule has 5 nitrogen and oxygen atoms in total. The summed E-state index contributed by atoms with van der Waals surface area (Å²) in [5.41, 5.74) is 6.24. The van der Waals surface area contributed by atoms with Gasteiger partial charge in [-0.05, 0) is 50.4 Å². The third-order valence-electron chi connectivity index (χ3n) is 5.28. The van der Waals surface area contributed by atoms with Crippen molar-refractivity contribution in [3.05, 3.63) is 0 Å². The van der Waals surface area contributed by atoms with E-state index in [0.29, 0.717) is 24.4 Å². The summed E-state index contributed by atoms with van der Waals surface area (Å²) in [6, 6.07) is 0.104. The van der Waals surface area contributed by atoms with E-state index in [1.807, 2.05) is 6.92 Å². The van der Waals surface area contributed by atoms with Crippen LogP contribution in [0.15, 0.2) is 0 Å². The summed E-state index contributed by atoms with van der Waals surface area (Å²) >= 11 is 0. The topological polar surface area (TPSA) is 81.4 Å². The monoisotopic (exact) mass is 326 g/mol. The first-order chi connectivity index (χ1) is 10.9. The van der Waals surface area contributed by atoms with Crippen molar-refractivity contribution in [1.29, 1.82) is 0 Å². The number of amides is 1. The average molecular weight is 326 g/mol. The number of ether oxygens (including phenoxy) is 1.